The number of likely N-dealkylation sites (tertiary alicyclic amines) is 1. The molecule has 0 spiro atoms. The van der Waals surface area contributed by atoms with Crippen molar-refractivity contribution in [2.24, 2.45) is 0 Å². The Kier molecular flexibility index (Phi) is 4.17. The number of rotatable bonds is 4. The number of carbonyl (C=O) groups excluding carboxylic acids is 1. The second-order valence-corrected chi connectivity index (χ2v) is 6.96. The van der Waals surface area contributed by atoms with Crippen LogP contribution in [0.2, 0.25) is 0 Å². The maximum atomic E-state index is 12.6. The van der Waals surface area contributed by atoms with Crippen molar-refractivity contribution >= 4 is 16.9 Å². The van der Waals surface area contributed by atoms with Crippen LogP contribution in [0.25, 0.3) is 11.0 Å². The monoisotopic (exact) mass is 316 g/mol. The van der Waals surface area contributed by atoms with Gasteiger partial charge in [-0.1, -0.05) is 12.1 Å². The summed E-state index contributed by atoms with van der Waals surface area (Å²) in [7, 11) is 3.87. The van der Waals surface area contributed by atoms with E-state index < -0.39 is 5.60 Å². The van der Waals surface area contributed by atoms with E-state index in [1.54, 1.807) is 11.2 Å². The number of amides is 1. The van der Waals surface area contributed by atoms with Crippen molar-refractivity contribution in [2.75, 3.05) is 33.7 Å². The highest BCUT2D eigenvalue weighted by molar-refractivity contribution is 5.88. The Morgan fingerprint density at radius 1 is 1.43 bits per heavy atom. The molecule has 0 saturated carbocycles. The third-order valence-corrected chi connectivity index (χ3v) is 4.45. The van der Waals surface area contributed by atoms with E-state index in [2.05, 4.69) is 0 Å². The van der Waals surface area contributed by atoms with Gasteiger partial charge < -0.3 is 19.3 Å². The first kappa shape index (κ1) is 16.0. The van der Waals surface area contributed by atoms with Crippen LogP contribution in [0.5, 0.6) is 0 Å². The van der Waals surface area contributed by atoms with Crippen molar-refractivity contribution in [2.45, 2.75) is 25.4 Å². The average Bonchev–Trinajstić information content (AvgIpc) is 3.02. The zero-order chi connectivity index (χ0) is 16.6. The maximum absolute atomic E-state index is 12.6. The van der Waals surface area contributed by atoms with E-state index in [4.69, 9.17) is 4.42 Å². The minimum Gasteiger partial charge on any atom is -0.464 e. The van der Waals surface area contributed by atoms with Crippen molar-refractivity contribution in [3.8, 4) is 0 Å². The average molecular weight is 316 g/mol. The number of furan rings is 1. The topological polar surface area (TPSA) is 56.9 Å². The number of aliphatic hydroxyl groups is 1. The van der Waals surface area contributed by atoms with Gasteiger partial charge in [0, 0.05) is 24.0 Å². The minimum atomic E-state index is -0.797. The normalized spacial score (nSPS) is 21.5. The Morgan fingerprint density at radius 2 is 2.22 bits per heavy atom. The van der Waals surface area contributed by atoms with Gasteiger partial charge in [-0.3, -0.25) is 4.79 Å². The van der Waals surface area contributed by atoms with E-state index in [1.165, 1.54) is 0 Å². The van der Waals surface area contributed by atoms with Crippen molar-refractivity contribution in [1.29, 1.82) is 0 Å². The van der Waals surface area contributed by atoms with Crippen molar-refractivity contribution in [1.82, 2.24) is 9.80 Å². The van der Waals surface area contributed by atoms with Crippen LogP contribution in [0.4, 0.5) is 0 Å². The predicted octanol–water partition coefficient (Wildman–Crippen LogP) is 1.81. The third kappa shape index (κ3) is 3.41. The summed E-state index contributed by atoms with van der Waals surface area (Å²) in [5, 5.41) is 11.5. The molecule has 1 atom stereocenters. The van der Waals surface area contributed by atoms with Gasteiger partial charge in [-0.2, -0.15) is 0 Å². The van der Waals surface area contributed by atoms with Gasteiger partial charge in [-0.05, 0) is 39.1 Å². The van der Waals surface area contributed by atoms with Gasteiger partial charge in [0.1, 0.15) is 5.58 Å². The molecule has 1 unspecified atom stereocenters. The summed E-state index contributed by atoms with van der Waals surface area (Å²) in [5.74, 6) is 0.0444. The number of hydrogen-bond acceptors (Lipinski definition) is 4. The molecule has 5 heteroatoms. The summed E-state index contributed by atoms with van der Waals surface area (Å²) < 4.78 is 5.56. The Morgan fingerprint density at radius 3 is 2.96 bits per heavy atom. The van der Waals surface area contributed by atoms with Gasteiger partial charge in [-0.15, -0.1) is 0 Å². The Balaban J connectivity index is 1.70. The molecule has 23 heavy (non-hydrogen) atoms. The number of benzene rings is 1. The van der Waals surface area contributed by atoms with Crippen LogP contribution < -0.4 is 0 Å². The molecule has 1 aromatic carbocycles. The highest BCUT2D eigenvalue weighted by atomic mass is 16.3. The molecule has 124 valence electrons. The fourth-order valence-electron chi connectivity index (χ4n) is 3.39. The highest BCUT2D eigenvalue weighted by Gasteiger charge is 2.38. The predicted molar refractivity (Wildman–Crippen MR) is 89.4 cm³/mol. The number of fused-ring (bicyclic) bond motifs is 1. The maximum Gasteiger partial charge on any atom is 0.227 e. The molecular formula is C18H24N2O3. The number of aryl methyl sites for hydroxylation is 1. The van der Waals surface area contributed by atoms with Crippen LogP contribution in [0.3, 0.4) is 0 Å². The number of nitrogens with zero attached hydrogens (tertiary/aromatic N) is 2. The Labute approximate surface area is 136 Å². The van der Waals surface area contributed by atoms with Crippen LogP contribution >= 0.6 is 0 Å². The van der Waals surface area contributed by atoms with Gasteiger partial charge in [0.05, 0.1) is 24.8 Å². The van der Waals surface area contributed by atoms with E-state index in [9.17, 15) is 9.90 Å². The fraction of sp³-hybridized carbons (Fsp3) is 0.500. The van der Waals surface area contributed by atoms with Gasteiger partial charge in [0.15, 0.2) is 0 Å². The van der Waals surface area contributed by atoms with Crippen molar-refractivity contribution in [3.63, 3.8) is 0 Å². The van der Waals surface area contributed by atoms with E-state index in [-0.39, 0.29) is 5.91 Å². The van der Waals surface area contributed by atoms with Crippen molar-refractivity contribution in [3.05, 3.63) is 35.6 Å². The minimum absolute atomic E-state index is 0.0444. The molecule has 3 rings (SSSR count). The quantitative estimate of drug-likeness (QED) is 0.934. The van der Waals surface area contributed by atoms with Crippen LogP contribution in [-0.4, -0.2) is 60.1 Å². The molecule has 1 aromatic heterocycles. The Hall–Kier alpha value is -1.85. The molecule has 2 aromatic rings. The molecule has 0 aliphatic carbocycles. The van der Waals surface area contributed by atoms with Gasteiger partial charge in [0.2, 0.25) is 5.91 Å². The molecule has 5 nitrogen and oxygen atoms in total. The number of β-amino-alcohol motifs (C(OH)–C–C–N with tert-alkyl or cyclic N) is 1. The lowest BCUT2D eigenvalue weighted by atomic mass is 10.0. The van der Waals surface area contributed by atoms with Crippen LogP contribution in [0.1, 0.15) is 17.5 Å². The van der Waals surface area contributed by atoms with Crippen LogP contribution in [-0.2, 0) is 11.2 Å². The third-order valence-electron chi connectivity index (χ3n) is 4.45. The van der Waals surface area contributed by atoms with E-state index >= 15 is 0 Å². The molecule has 1 fully saturated rings. The first-order chi connectivity index (χ1) is 10.9. The number of likely N-dealkylation sites (N-methyl/N-ethyl adjacent to an activating group) is 1. The van der Waals surface area contributed by atoms with Crippen LogP contribution in [0, 0.1) is 6.92 Å². The van der Waals surface area contributed by atoms with Crippen molar-refractivity contribution < 1.29 is 14.3 Å². The smallest absolute Gasteiger partial charge is 0.227 e. The van der Waals surface area contributed by atoms with Crippen LogP contribution in [0.15, 0.2) is 28.9 Å². The van der Waals surface area contributed by atoms with E-state index in [1.807, 2.05) is 44.1 Å². The summed E-state index contributed by atoms with van der Waals surface area (Å²) in [6.07, 6.45) is 2.61. The number of hydrogen-bond donors (Lipinski definition) is 1. The molecule has 2 heterocycles. The molecule has 1 amide bonds. The summed E-state index contributed by atoms with van der Waals surface area (Å²) in [6.45, 7) is 3.60. The standard InChI is InChI=1S/C18H24N2O3/c1-13-4-5-15-14(10-23-16(15)8-13)9-17(21)20-7-6-18(22,12-20)11-19(2)3/h4-5,8,10,22H,6-7,9,11-12H2,1-3H3. The van der Waals surface area contributed by atoms with E-state index in [0.717, 1.165) is 22.1 Å². The second-order valence-electron chi connectivity index (χ2n) is 6.96. The SMILES string of the molecule is Cc1ccc2c(CC(=O)N3CCC(O)(CN(C)C)C3)coc2c1. The Bertz CT molecular complexity index is 722. The van der Waals surface area contributed by atoms with Gasteiger partial charge >= 0.3 is 0 Å². The molecule has 0 bridgehead atoms. The zero-order valence-electron chi connectivity index (χ0n) is 14.0. The molecule has 0 radical (unpaired) electrons. The summed E-state index contributed by atoms with van der Waals surface area (Å²) in [4.78, 5) is 16.3. The summed E-state index contributed by atoms with van der Waals surface area (Å²) in [5.41, 5.74) is 2.07. The fourth-order valence-corrected chi connectivity index (χ4v) is 3.39. The lowest BCUT2D eigenvalue weighted by molar-refractivity contribution is -0.130. The largest absolute Gasteiger partial charge is 0.464 e. The second kappa shape index (κ2) is 5.98. The first-order valence-corrected chi connectivity index (χ1v) is 7.98. The molecule has 1 aliphatic rings. The lowest BCUT2D eigenvalue weighted by Crippen LogP contribution is -2.43. The lowest BCUT2D eigenvalue weighted by Gasteiger charge is -2.26. The molecular weight excluding hydrogens is 292 g/mol. The molecule has 1 N–H and O–H groups in total. The summed E-state index contributed by atoms with van der Waals surface area (Å²) >= 11 is 0. The molecule has 1 aliphatic heterocycles. The first-order valence-electron chi connectivity index (χ1n) is 7.98. The number of carbonyl (C=O) groups is 1. The molecule has 1 saturated heterocycles. The zero-order valence-corrected chi connectivity index (χ0v) is 14.0. The highest BCUT2D eigenvalue weighted by Crippen LogP contribution is 2.26. The summed E-state index contributed by atoms with van der Waals surface area (Å²) in [6, 6.07) is 6.01. The van der Waals surface area contributed by atoms with Gasteiger partial charge in [0.25, 0.3) is 0 Å². The van der Waals surface area contributed by atoms with E-state index in [0.29, 0.717) is 32.5 Å². The van der Waals surface area contributed by atoms with Gasteiger partial charge in [-0.25, -0.2) is 0 Å².